The van der Waals surface area contributed by atoms with E-state index in [-0.39, 0.29) is 10.6 Å². The summed E-state index contributed by atoms with van der Waals surface area (Å²) in [5, 5.41) is 11.2. The second kappa shape index (κ2) is 8.92. The van der Waals surface area contributed by atoms with Crippen molar-refractivity contribution in [1.82, 2.24) is 0 Å². The van der Waals surface area contributed by atoms with Crippen molar-refractivity contribution in [2.24, 2.45) is 0 Å². The van der Waals surface area contributed by atoms with Gasteiger partial charge in [0.2, 0.25) is 0 Å². The monoisotopic (exact) mass is 355 g/mol. The highest BCUT2D eigenvalue weighted by Crippen LogP contribution is 2.16. The summed E-state index contributed by atoms with van der Waals surface area (Å²) in [4.78, 5) is 14.1. The fourth-order valence-electron chi connectivity index (χ4n) is 4.13. The first-order chi connectivity index (χ1) is 12.7. The van der Waals surface area contributed by atoms with Crippen LogP contribution in [0.2, 0.25) is 0 Å². The van der Waals surface area contributed by atoms with Crippen molar-refractivity contribution in [3.8, 4) is 0 Å². The van der Waals surface area contributed by atoms with E-state index in [2.05, 4.69) is 37.3 Å². The number of nitrogens with zero attached hydrogens (tertiary/aromatic N) is 1. The molecular weight excluding hydrogens is 326 g/mol. The van der Waals surface area contributed by atoms with Gasteiger partial charge in [0, 0.05) is 24.5 Å². The van der Waals surface area contributed by atoms with Crippen molar-refractivity contribution in [2.75, 3.05) is 19.6 Å². The van der Waals surface area contributed by atoms with E-state index >= 15 is 0 Å². The molecule has 1 aliphatic heterocycles. The molecule has 3 rings (SSSR count). The first kappa shape index (κ1) is 18.5. The van der Waals surface area contributed by atoms with Crippen molar-refractivity contribution in [1.29, 1.82) is 0 Å². The number of piperidine rings is 1. The molecule has 26 heavy (non-hydrogen) atoms. The first-order valence-electron chi connectivity index (χ1n) is 9.61. The minimum absolute atomic E-state index is 0.256. The van der Waals surface area contributed by atoms with Crippen LogP contribution in [-0.4, -0.2) is 30.6 Å². The van der Waals surface area contributed by atoms with E-state index in [4.69, 9.17) is 0 Å². The molecule has 1 unspecified atom stereocenters. The van der Waals surface area contributed by atoms with Crippen LogP contribution < -0.4 is 9.80 Å². The number of nitro groups is 1. The summed E-state index contributed by atoms with van der Waals surface area (Å²) < 4.78 is 0. The second-order valence-corrected chi connectivity index (χ2v) is 7.26. The minimum Gasteiger partial charge on any atom is -0.331 e. The summed E-state index contributed by atoms with van der Waals surface area (Å²) in [6.07, 6.45) is 2.37. The largest absolute Gasteiger partial charge is 0.331 e. The third kappa shape index (κ3) is 4.68. The maximum Gasteiger partial charge on any atom is 0.278 e. The zero-order chi connectivity index (χ0) is 18.4. The van der Waals surface area contributed by atoms with Crippen molar-refractivity contribution in [3.63, 3.8) is 0 Å². The van der Waals surface area contributed by atoms with Gasteiger partial charge in [-0.05, 0) is 13.0 Å². The molecule has 0 radical (unpaired) electrons. The molecular formula is C21H29N3O2+2. The summed E-state index contributed by atoms with van der Waals surface area (Å²) >= 11 is 0. The predicted molar refractivity (Wildman–Crippen MR) is 102 cm³/mol. The normalized spacial score (nSPS) is 21.3. The molecule has 2 aromatic rings. The lowest BCUT2D eigenvalue weighted by Gasteiger charge is -2.34. The zero-order valence-corrected chi connectivity index (χ0v) is 15.5. The van der Waals surface area contributed by atoms with Crippen LogP contribution in [-0.2, 0) is 13.1 Å². The maximum atomic E-state index is 11.2. The molecule has 1 saturated heterocycles. The van der Waals surface area contributed by atoms with E-state index in [1.807, 2.05) is 12.1 Å². The average Bonchev–Trinajstić information content (AvgIpc) is 2.68. The van der Waals surface area contributed by atoms with Gasteiger partial charge >= 0.3 is 0 Å². The summed E-state index contributed by atoms with van der Waals surface area (Å²) in [7, 11) is 0. The van der Waals surface area contributed by atoms with Crippen LogP contribution in [0.1, 0.15) is 30.9 Å². The Labute approximate surface area is 155 Å². The van der Waals surface area contributed by atoms with E-state index < -0.39 is 0 Å². The molecule has 1 aliphatic rings. The van der Waals surface area contributed by atoms with Crippen molar-refractivity contribution in [3.05, 3.63) is 75.8 Å². The lowest BCUT2D eigenvalue weighted by molar-refractivity contribution is -0.969. The van der Waals surface area contributed by atoms with E-state index in [1.54, 1.807) is 17.0 Å². The van der Waals surface area contributed by atoms with Gasteiger partial charge in [-0.25, -0.2) is 0 Å². The third-order valence-corrected chi connectivity index (χ3v) is 5.63. The van der Waals surface area contributed by atoms with Gasteiger partial charge < -0.3 is 9.80 Å². The van der Waals surface area contributed by atoms with Gasteiger partial charge in [-0.1, -0.05) is 42.5 Å². The molecule has 1 atom stereocenters. The number of hydrogen-bond donors (Lipinski definition) is 2. The molecule has 1 heterocycles. The number of para-hydroxylation sites is 1. The lowest BCUT2D eigenvalue weighted by Crippen LogP contribution is -3.19. The van der Waals surface area contributed by atoms with Crippen LogP contribution in [0.3, 0.4) is 0 Å². The van der Waals surface area contributed by atoms with Crippen LogP contribution in [0, 0.1) is 10.1 Å². The molecule has 2 N–H and O–H groups in total. The van der Waals surface area contributed by atoms with Crippen LogP contribution in [0.4, 0.5) is 5.69 Å². The van der Waals surface area contributed by atoms with Crippen LogP contribution >= 0.6 is 0 Å². The van der Waals surface area contributed by atoms with Crippen LogP contribution in [0.5, 0.6) is 0 Å². The highest BCUT2D eigenvalue weighted by atomic mass is 16.6. The molecule has 2 aromatic carbocycles. The molecule has 0 bridgehead atoms. The number of rotatable bonds is 7. The number of hydrogen-bond acceptors (Lipinski definition) is 2. The van der Waals surface area contributed by atoms with E-state index in [0.717, 1.165) is 38.3 Å². The van der Waals surface area contributed by atoms with Gasteiger partial charge in [-0.3, -0.25) is 10.1 Å². The number of benzene rings is 2. The number of nitro benzene ring substituents is 1. The minimum atomic E-state index is -0.260. The average molecular weight is 355 g/mol. The molecule has 138 valence electrons. The standard InChI is InChI=1S/C21H27N3O2/c1-2-23(16-18-8-4-3-5-9-18)20-12-14-22(15-13-20)17-19-10-6-7-11-21(19)24(25)26/h3-11,20H,2,12-17H2,1H3/p+2. The third-order valence-electron chi connectivity index (χ3n) is 5.63. The highest BCUT2D eigenvalue weighted by molar-refractivity contribution is 5.39. The quantitative estimate of drug-likeness (QED) is 0.580. The number of nitrogens with one attached hydrogen (secondary N) is 2. The Balaban J connectivity index is 1.56. The molecule has 0 saturated carbocycles. The fourth-order valence-corrected chi connectivity index (χ4v) is 4.13. The Hall–Kier alpha value is -2.24. The predicted octanol–water partition coefficient (Wildman–Crippen LogP) is 1.25. The topological polar surface area (TPSA) is 52.0 Å². The Morgan fingerprint density at radius 1 is 1.08 bits per heavy atom. The summed E-state index contributed by atoms with van der Waals surface area (Å²) in [5.74, 6) is 0. The second-order valence-electron chi connectivity index (χ2n) is 7.26. The van der Waals surface area contributed by atoms with E-state index in [0.29, 0.717) is 6.04 Å². The smallest absolute Gasteiger partial charge is 0.278 e. The Morgan fingerprint density at radius 3 is 2.38 bits per heavy atom. The molecule has 0 amide bonds. The molecule has 0 spiro atoms. The lowest BCUT2D eigenvalue weighted by atomic mass is 10.0. The summed E-state index contributed by atoms with van der Waals surface area (Å²) in [6.45, 7) is 7.43. The van der Waals surface area contributed by atoms with Crippen molar-refractivity contribution >= 4 is 5.69 Å². The zero-order valence-electron chi connectivity index (χ0n) is 15.5. The van der Waals surface area contributed by atoms with Crippen LogP contribution in [0.25, 0.3) is 0 Å². The Bertz CT molecular complexity index is 712. The molecule has 1 fully saturated rings. The van der Waals surface area contributed by atoms with Crippen LogP contribution in [0.15, 0.2) is 54.6 Å². The van der Waals surface area contributed by atoms with Crippen molar-refractivity contribution < 1.29 is 14.7 Å². The van der Waals surface area contributed by atoms with E-state index in [9.17, 15) is 10.1 Å². The SMILES string of the molecule is CC[NH+](Cc1ccccc1)C1CC[NH+](Cc2ccccc2[N+](=O)[O-])CC1. The fraction of sp³-hybridized carbons (Fsp3) is 0.429. The number of likely N-dealkylation sites (tertiary alicyclic amines) is 1. The molecule has 5 nitrogen and oxygen atoms in total. The van der Waals surface area contributed by atoms with Gasteiger partial charge in [-0.15, -0.1) is 0 Å². The summed E-state index contributed by atoms with van der Waals surface area (Å²) in [6, 6.07) is 18.6. The molecule has 5 heteroatoms. The van der Waals surface area contributed by atoms with Gasteiger partial charge in [-0.2, -0.15) is 0 Å². The maximum absolute atomic E-state index is 11.2. The number of quaternary nitrogens is 2. The van der Waals surface area contributed by atoms with E-state index in [1.165, 1.54) is 23.3 Å². The molecule has 0 aliphatic carbocycles. The van der Waals surface area contributed by atoms with Gasteiger partial charge in [0.25, 0.3) is 5.69 Å². The van der Waals surface area contributed by atoms with Gasteiger partial charge in [0.15, 0.2) is 0 Å². The van der Waals surface area contributed by atoms with Gasteiger partial charge in [0.1, 0.15) is 13.1 Å². The Kier molecular flexibility index (Phi) is 6.36. The van der Waals surface area contributed by atoms with Gasteiger partial charge in [0.05, 0.1) is 36.2 Å². The molecule has 0 aromatic heterocycles. The van der Waals surface area contributed by atoms with Crippen molar-refractivity contribution in [2.45, 2.75) is 38.9 Å². The summed E-state index contributed by atoms with van der Waals surface area (Å²) in [5.41, 5.74) is 2.51. The Morgan fingerprint density at radius 2 is 1.73 bits per heavy atom. The highest BCUT2D eigenvalue weighted by Gasteiger charge is 2.30. The first-order valence-corrected chi connectivity index (χ1v) is 9.61.